The Morgan fingerprint density at radius 1 is 0.551 bits per heavy atom. The summed E-state index contributed by atoms with van der Waals surface area (Å²) in [5.74, 6) is 0. The molecule has 0 spiro atoms. The minimum atomic E-state index is 0.865. The van der Waals surface area contributed by atoms with E-state index in [-0.39, 0.29) is 0 Å². The van der Waals surface area contributed by atoms with Crippen molar-refractivity contribution in [2.75, 3.05) is 4.90 Å². The van der Waals surface area contributed by atoms with Gasteiger partial charge in [-0.15, -0.1) is 11.3 Å². The van der Waals surface area contributed by atoms with Crippen LogP contribution in [0, 0.1) is 0 Å². The fraction of sp³-hybridized carbons (Fsp3) is 0. The summed E-state index contributed by atoms with van der Waals surface area (Å²) in [7, 11) is 0.865. The highest BCUT2D eigenvalue weighted by Gasteiger charge is 2.28. The molecule has 0 saturated carbocycles. The lowest BCUT2D eigenvalue weighted by Gasteiger charge is -2.30. The number of aromatic nitrogens is 2. The van der Waals surface area contributed by atoms with Crippen LogP contribution in [-0.4, -0.2) is 16.8 Å². The average Bonchev–Trinajstić information content (AvgIpc) is 3.82. The smallest absolute Gasteiger partial charge is 0.198 e. The average molecular weight is 642 g/mol. The Hall–Kier alpha value is -6.04. The Balaban J connectivity index is 1.27. The van der Waals surface area contributed by atoms with Crippen LogP contribution in [-0.2, 0) is 0 Å². The Kier molecular flexibility index (Phi) is 5.63. The maximum absolute atomic E-state index is 3.91. The molecule has 11 rings (SSSR count). The first-order valence-corrected chi connectivity index (χ1v) is 17.6. The highest BCUT2D eigenvalue weighted by Crippen LogP contribution is 2.44. The standard InChI is InChI=1S/C44H28BN3S/c1-3-13-27(14-4-1)47(28-15-5-2-6-16-28)29-25-35(31-19-11-21-34-40-33-18-8-10-24-39(33)49-44(40)46-42(31)34)41-38(26-29)48-37-23-9-7-17-30(37)32-20-12-22-36(45-41)43(32)48/h1-26,45-46H. The van der Waals surface area contributed by atoms with Crippen LogP contribution >= 0.6 is 11.3 Å². The summed E-state index contributed by atoms with van der Waals surface area (Å²) in [6.07, 6.45) is 0. The molecule has 0 radical (unpaired) electrons. The molecule has 1 N–H and O–H groups in total. The van der Waals surface area contributed by atoms with Gasteiger partial charge in [-0.1, -0.05) is 115 Å². The highest BCUT2D eigenvalue weighted by atomic mass is 32.1. The second kappa shape index (κ2) is 10.2. The van der Waals surface area contributed by atoms with Crippen LogP contribution in [0.15, 0.2) is 158 Å². The van der Waals surface area contributed by atoms with Gasteiger partial charge in [0.05, 0.1) is 11.0 Å². The molecule has 1 aliphatic heterocycles. The van der Waals surface area contributed by atoms with E-state index in [0.717, 1.165) is 24.3 Å². The zero-order valence-corrected chi connectivity index (χ0v) is 27.3. The van der Waals surface area contributed by atoms with Crippen molar-refractivity contribution in [2.24, 2.45) is 0 Å². The minimum absolute atomic E-state index is 0.865. The molecule has 0 atom stereocenters. The molecule has 3 aromatic heterocycles. The van der Waals surface area contributed by atoms with Crippen LogP contribution in [0.4, 0.5) is 17.1 Å². The summed E-state index contributed by atoms with van der Waals surface area (Å²) in [6, 6.07) is 57.6. The van der Waals surface area contributed by atoms with E-state index in [1.807, 2.05) is 11.3 Å². The lowest BCUT2D eigenvalue weighted by Crippen LogP contribution is -2.37. The van der Waals surface area contributed by atoms with Gasteiger partial charge >= 0.3 is 0 Å². The molecule has 3 nitrogen and oxygen atoms in total. The summed E-state index contributed by atoms with van der Waals surface area (Å²) in [6.45, 7) is 0. The molecule has 0 saturated heterocycles. The SMILES string of the molecule is B1c2c(-c3cccc4c3[nH]c3sc5ccccc5c34)cc(N(c3ccccc3)c3ccccc3)cc2-n2c3ccccc3c3cccc1c32. The molecule has 0 bridgehead atoms. The molecule has 4 heterocycles. The van der Waals surface area contributed by atoms with Crippen LogP contribution in [0.1, 0.15) is 0 Å². The number of hydrogen-bond donors (Lipinski definition) is 1. The number of thiophene rings is 1. The Labute approximate surface area is 287 Å². The number of anilines is 3. The van der Waals surface area contributed by atoms with E-state index in [2.05, 4.69) is 172 Å². The van der Waals surface area contributed by atoms with Crippen molar-refractivity contribution in [3.63, 3.8) is 0 Å². The first kappa shape index (κ1) is 27.0. The largest absolute Gasteiger partial charge is 0.346 e. The van der Waals surface area contributed by atoms with Crippen molar-refractivity contribution in [2.45, 2.75) is 0 Å². The molecule has 1 aliphatic rings. The third kappa shape index (κ3) is 3.85. The molecule has 49 heavy (non-hydrogen) atoms. The number of fused-ring (bicyclic) bond motifs is 10. The minimum Gasteiger partial charge on any atom is -0.346 e. The second-order valence-corrected chi connectivity index (χ2v) is 14.0. The predicted molar refractivity (Wildman–Crippen MR) is 212 cm³/mol. The van der Waals surface area contributed by atoms with Crippen LogP contribution in [0.5, 0.6) is 0 Å². The number of aromatic amines is 1. The van der Waals surface area contributed by atoms with Gasteiger partial charge in [0, 0.05) is 65.5 Å². The van der Waals surface area contributed by atoms with E-state index in [0.29, 0.717) is 0 Å². The molecular formula is C44H28BN3S. The Morgan fingerprint density at radius 3 is 2.04 bits per heavy atom. The quantitative estimate of drug-likeness (QED) is 0.190. The predicted octanol–water partition coefficient (Wildman–Crippen LogP) is 10.5. The fourth-order valence-corrected chi connectivity index (χ4v) is 9.43. The van der Waals surface area contributed by atoms with Crippen molar-refractivity contribution in [1.82, 2.24) is 9.55 Å². The van der Waals surface area contributed by atoms with Gasteiger partial charge in [-0.2, -0.15) is 0 Å². The second-order valence-electron chi connectivity index (χ2n) is 13.0. The van der Waals surface area contributed by atoms with Gasteiger partial charge in [0.1, 0.15) is 4.83 Å². The first-order valence-electron chi connectivity index (χ1n) is 16.8. The van der Waals surface area contributed by atoms with Crippen molar-refractivity contribution in [3.05, 3.63) is 158 Å². The zero-order valence-electron chi connectivity index (χ0n) is 26.5. The molecule has 7 aromatic carbocycles. The molecule has 0 unspecified atom stereocenters. The van der Waals surface area contributed by atoms with Crippen LogP contribution < -0.4 is 15.8 Å². The van der Waals surface area contributed by atoms with E-state index in [9.17, 15) is 0 Å². The number of benzene rings is 7. The van der Waals surface area contributed by atoms with Crippen molar-refractivity contribution in [1.29, 1.82) is 0 Å². The summed E-state index contributed by atoms with van der Waals surface area (Å²) < 4.78 is 3.85. The number of para-hydroxylation sites is 5. The molecule has 0 fully saturated rings. The van der Waals surface area contributed by atoms with Crippen molar-refractivity contribution < 1.29 is 0 Å². The van der Waals surface area contributed by atoms with Gasteiger partial charge in [-0.05, 0) is 59.6 Å². The van der Waals surface area contributed by atoms with Gasteiger partial charge in [0.25, 0.3) is 0 Å². The van der Waals surface area contributed by atoms with E-state index >= 15 is 0 Å². The summed E-state index contributed by atoms with van der Waals surface area (Å²) in [5, 5.41) is 6.52. The molecule has 0 aliphatic carbocycles. The van der Waals surface area contributed by atoms with Gasteiger partial charge in [0.15, 0.2) is 7.28 Å². The third-order valence-corrected chi connectivity index (χ3v) is 11.4. The topological polar surface area (TPSA) is 24.0 Å². The number of nitrogens with one attached hydrogen (secondary N) is 1. The molecule has 10 aromatic rings. The Morgan fingerprint density at radius 2 is 1.22 bits per heavy atom. The van der Waals surface area contributed by atoms with E-state index in [1.54, 1.807) is 0 Å². The zero-order chi connectivity index (χ0) is 32.1. The van der Waals surface area contributed by atoms with Crippen molar-refractivity contribution >= 4 is 99.6 Å². The molecule has 228 valence electrons. The number of H-pyrrole nitrogens is 1. The highest BCUT2D eigenvalue weighted by molar-refractivity contribution is 7.25. The number of rotatable bonds is 4. The van der Waals surface area contributed by atoms with Crippen LogP contribution in [0.25, 0.3) is 69.8 Å². The van der Waals surface area contributed by atoms with E-state index < -0.39 is 0 Å². The molecule has 5 heteroatoms. The summed E-state index contributed by atoms with van der Waals surface area (Å²) >= 11 is 1.84. The lowest BCUT2D eigenvalue weighted by molar-refractivity contribution is 1.18. The maximum Gasteiger partial charge on any atom is 0.198 e. The van der Waals surface area contributed by atoms with Crippen LogP contribution in [0.3, 0.4) is 0 Å². The van der Waals surface area contributed by atoms with E-state index in [1.165, 1.54) is 80.8 Å². The first-order chi connectivity index (χ1) is 24.3. The molecular weight excluding hydrogens is 613 g/mol. The normalized spacial score (nSPS) is 12.2. The fourth-order valence-electron chi connectivity index (χ4n) is 8.30. The monoisotopic (exact) mass is 641 g/mol. The number of hydrogen-bond acceptors (Lipinski definition) is 2. The Bertz CT molecular complexity index is 2880. The summed E-state index contributed by atoms with van der Waals surface area (Å²) in [5.41, 5.74) is 13.6. The lowest BCUT2D eigenvalue weighted by atomic mass is 9.59. The molecule has 0 amide bonds. The van der Waals surface area contributed by atoms with Crippen molar-refractivity contribution in [3.8, 4) is 16.8 Å². The third-order valence-electron chi connectivity index (χ3n) is 10.3. The van der Waals surface area contributed by atoms with Crippen LogP contribution in [0.2, 0.25) is 0 Å². The summed E-state index contributed by atoms with van der Waals surface area (Å²) in [4.78, 5) is 7.54. The van der Waals surface area contributed by atoms with E-state index in [4.69, 9.17) is 0 Å². The van der Waals surface area contributed by atoms with Gasteiger partial charge in [0.2, 0.25) is 0 Å². The number of nitrogens with zero attached hydrogens (tertiary/aromatic N) is 2. The van der Waals surface area contributed by atoms with Gasteiger partial charge < -0.3 is 14.5 Å². The van der Waals surface area contributed by atoms with Gasteiger partial charge in [-0.25, -0.2) is 0 Å². The van der Waals surface area contributed by atoms with Gasteiger partial charge in [-0.3, -0.25) is 0 Å². The maximum atomic E-state index is 3.91.